The van der Waals surface area contributed by atoms with E-state index in [0.29, 0.717) is 11.7 Å². The second-order valence-corrected chi connectivity index (χ2v) is 3.79. The van der Waals surface area contributed by atoms with Gasteiger partial charge in [0.05, 0.1) is 0 Å². The molecule has 0 heterocycles. The number of nitrogens with zero attached hydrogens (tertiary/aromatic N) is 1. The fourth-order valence-electron chi connectivity index (χ4n) is 1.28. The van der Waals surface area contributed by atoms with Gasteiger partial charge in [-0.1, -0.05) is 13.8 Å². The quantitative estimate of drug-likeness (QED) is 0.754. The van der Waals surface area contributed by atoms with E-state index in [4.69, 9.17) is 0 Å². The molecular weight excluding hydrogens is 162 g/mol. The van der Waals surface area contributed by atoms with Gasteiger partial charge in [-0.3, -0.25) is 0 Å². The molecule has 0 radical (unpaired) electrons. The Morgan fingerprint density at radius 3 is 2.31 bits per heavy atom. The maximum absolute atomic E-state index is 9.57. The van der Waals surface area contributed by atoms with E-state index in [-0.39, 0.29) is 0 Å². The van der Waals surface area contributed by atoms with Crippen molar-refractivity contribution in [3.8, 4) is 5.75 Å². The van der Waals surface area contributed by atoms with Crippen molar-refractivity contribution in [1.82, 2.24) is 0 Å². The Morgan fingerprint density at radius 2 is 1.85 bits per heavy atom. The molecule has 0 fully saturated rings. The molecule has 1 N–H and O–H groups in total. The third kappa shape index (κ3) is 2.14. The third-order valence-electron chi connectivity index (χ3n) is 2.15. The molecule has 0 aliphatic rings. The number of benzene rings is 1. The van der Waals surface area contributed by atoms with Gasteiger partial charge in [-0.15, -0.1) is 0 Å². The Bertz CT molecular complexity index is 292. The van der Waals surface area contributed by atoms with Gasteiger partial charge >= 0.3 is 0 Å². The molecule has 0 bridgehead atoms. The van der Waals surface area contributed by atoms with Crippen LogP contribution in [0.5, 0.6) is 5.75 Å². The zero-order valence-electron chi connectivity index (χ0n) is 8.70. The summed E-state index contributed by atoms with van der Waals surface area (Å²) in [4.78, 5) is 2.03. The summed E-state index contributed by atoms with van der Waals surface area (Å²) in [6, 6.07) is 5.70. The Balaban J connectivity index is 3.11. The van der Waals surface area contributed by atoms with Gasteiger partial charge in [0, 0.05) is 19.8 Å². The molecule has 0 aliphatic carbocycles. The van der Waals surface area contributed by atoms with Crippen LogP contribution in [-0.2, 0) is 0 Å². The molecule has 2 heteroatoms. The van der Waals surface area contributed by atoms with E-state index in [1.165, 1.54) is 0 Å². The van der Waals surface area contributed by atoms with Crippen LogP contribution >= 0.6 is 0 Å². The fraction of sp³-hybridized carbons (Fsp3) is 0.455. The molecule has 0 spiro atoms. The lowest BCUT2D eigenvalue weighted by molar-refractivity contribution is 0.465. The topological polar surface area (TPSA) is 23.5 Å². The highest BCUT2D eigenvalue weighted by atomic mass is 16.3. The first kappa shape index (κ1) is 9.90. The van der Waals surface area contributed by atoms with Crippen molar-refractivity contribution >= 4 is 5.69 Å². The summed E-state index contributed by atoms with van der Waals surface area (Å²) in [5, 5.41) is 9.57. The smallest absolute Gasteiger partial charge is 0.119 e. The van der Waals surface area contributed by atoms with Crippen molar-refractivity contribution in [2.24, 2.45) is 0 Å². The minimum Gasteiger partial charge on any atom is -0.508 e. The number of rotatable bonds is 2. The molecule has 1 aromatic carbocycles. The largest absolute Gasteiger partial charge is 0.508 e. The standard InChI is InChI=1S/C11H17NO/c1-8(2)10-7-9(12(3)4)5-6-11(10)13/h5-8,13H,1-4H3. The van der Waals surface area contributed by atoms with Crippen LogP contribution in [0, 0.1) is 0 Å². The van der Waals surface area contributed by atoms with E-state index in [0.717, 1.165) is 11.3 Å². The molecule has 0 atom stereocenters. The minimum atomic E-state index is 0.361. The minimum absolute atomic E-state index is 0.361. The molecule has 0 unspecified atom stereocenters. The summed E-state index contributed by atoms with van der Waals surface area (Å²) in [6.07, 6.45) is 0. The first-order valence-electron chi connectivity index (χ1n) is 4.52. The molecular formula is C11H17NO. The lowest BCUT2D eigenvalue weighted by atomic mass is 10.0. The predicted molar refractivity (Wildman–Crippen MR) is 56.5 cm³/mol. The first-order valence-corrected chi connectivity index (χ1v) is 4.52. The maximum atomic E-state index is 9.57. The molecule has 0 saturated heterocycles. The second kappa shape index (κ2) is 3.69. The Labute approximate surface area is 79.8 Å². The van der Waals surface area contributed by atoms with Crippen LogP contribution in [-0.4, -0.2) is 19.2 Å². The molecule has 0 amide bonds. The van der Waals surface area contributed by atoms with Gasteiger partial charge in [0.2, 0.25) is 0 Å². The SMILES string of the molecule is CC(C)c1cc(N(C)C)ccc1O. The van der Waals surface area contributed by atoms with Crippen LogP contribution in [0.1, 0.15) is 25.3 Å². The number of aromatic hydroxyl groups is 1. The molecule has 0 saturated carbocycles. The number of hydrogen-bond donors (Lipinski definition) is 1. The van der Waals surface area contributed by atoms with E-state index < -0.39 is 0 Å². The maximum Gasteiger partial charge on any atom is 0.119 e. The molecule has 72 valence electrons. The highest BCUT2D eigenvalue weighted by Crippen LogP contribution is 2.28. The molecule has 13 heavy (non-hydrogen) atoms. The average molecular weight is 179 g/mol. The first-order chi connectivity index (χ1) is 6.02. The summed E-state index contributed by atoms with van der Waals surface area (Å²) in [5.41, 5.74) is 2.13. The Morgan fingerprint density at radius 1 is 1.23 bits per heavy atom. The van der Waals surface area contributed by atoms with Crippen LogP contribution in [0.2, 0.25) is 0 Å². The van der Waals surface area contributed by atoms with Gasteiger partial charge in [0.25, 0.3) is 0 Å². The van der Waals surface area contributed by atoms with Crippen LogP contribution in [0.3, 0.4) is 0 Å². The lowest BCUT2D eigenvalue weighted by Crippen LogP contribution is -2.08. The average Bonchev–Trinajstić information content (AvgIpc) is 2.04. The van der Waals surface area contributed by atoms with Crippen molar-refractivity contribution in [2.45, 2.75) is 19.8 Å². The summed E-state index contributed by atoms with van der Waals surface area (Å²) < 4.78 is 0. The van der Waals surface area contributed by atoms with E-state index in [2.05, 4.69) is 13.8 Å². The molecule has 2 nitrogen and oxygen atoms in total. The van der Waals surface area contributed by atoms with E-state index in [1.807, 2.05) is 31.1 Å². The fourth-order valence-corrected chi connectivity index (χ4v) is 1.28. The van der Waals surface area contributed by atoms with Gasteiger partial charge in [-0.25, -0.2) is 0 Å². The summed E-state index contributed by atoms with van der Waals surface area (Å²) in [5.74, 6) is 0.750. The van der Waals surface area contributed by atoms with E-state index in [1.54, 1.807) is 6.07 Å². The Hall–Kier alpha value is -1.18. The number of anilines is 1. The zero-order valence-corrected chi connectivity index (χ0v) is 8.70. The molecule has 1 rings (SSSR count). The van der Waals surface area contributed by atoms with Crippen LogP contribution in [0.15, 0.2) is 18.2 Å². The highest BCUT2D eigenvalue weighted by molar-refractivity contribution is 5.52. The molecule has 0 aromatic heterocycles. The van der Waals surface area contributed by atoms with Crippen LogP contribution in [0.25, 0.3) is 0 Å². The van der Waals surface area contributed by atoms with Gasteiger partial charge in [-0.05, 0) is 29.7 Å². The lowest BCUT2D eigenvalue weighted by Gasteiger charge is -2.16. The number of phenols is 1. The third-order valence-corrected chi connectivity index (χ3v) is 2.15. The zero-order chi connectivity index (χ0) is 10.0. The van der Waals surface area contributed by atoms with Gasteiger partial charge in [0.1, 0.15) is 5.75 Å². The molecule has 0 aliphatic heterocycles. The van der Waals surface area contributed by atoms with Crippen molar-refractivity contribution in [2.75, 3.05) is 19.0 Å². The van der Waals surface area contributed by atoms with Crippen molar-refractivity contribution in [3.63, 3.8) is 0 Å². The Kier molecular flexibility index (Phi) is 2.81. The highest BCUT2D eigenvalue weighted by Gasteiger charge is 2.07. The van der Waals surface area contributed by atoms with Gasteiger partial charge < -0.3 is 10.0 Å². The number of hydrogen-bond acceptors (Lipinski definition) is 2. The summed E-state index contributed by atoms with van der Waals surface area (Å²) >= 11 is 0. The normalized spacial score (nSPS) is 10.5. The van der Waals surface area contributed by atoms with Crippen molar-refractivity contribution in [3.05, 3.63) is 23.8 Å². The van der Waals surface area contributed by atoms with E-state index >= 15 is 0 Å². The summed E-state index contributed by atoms with van der Waals surface area (Å²) in [6.45, 7) is 4.16. The number of phenolic OH excluding ortho intramolecular Hbond substituents is 1. The van der Waals surface area contributed by atoms with Crippen molar-refractivity contribution in [1.29, 1.82) is 0 Å². The van der Waals surface area contributed by atoms with Crippen LogP contribution < -0.4 is 4.90 Å². The van der Waals surface area contributed by atoms with E-state index in [9.17, 15) is 5.11 Å². The predicted octanol–water partition coefficient (Wildman–Crippen LogP) is 2.58. The molecule has 1 aromatic rings. The second-order valence-electron chi connectivity index (χ2n) is 3.79. The van der Waals surface area contributed by atoms with Crippen LogP contribution in [0.4, 0.5) is 5.69 Å². The van der Waals surface area contributed by atoms with Gasteiger partial charge in [-0.2, -0.15) is 0 Å². The summed E-state index contributed by atoms with van der Waals surface area (Å²) in [7, 11) is 3.99. The van der Waals surface area contributed by atoms with Gasteiger partial charge in [0.15, 0.2) is 0 Å². The monoisotopic (exact) mass is 179 g/mol. The van der Waals surface area contributed by atoms with Crippen molar-refractivity contribution < 1.29 is 5.11 Å².